The second-order valence-electron chi connectivity index (χ2n) is 5.00. The van der Waals surface area contributed by atoms with Crippen LogP contribution in [0.5, 0.6) is 0 Å². The lowest BCUT2D eigenvalue weighted by molar-refractivity contribution is 0.0926. The molecular weight excluding hydrogens is 295 g/mol. The van der Waals surface area contributed by atoms with E-state index in [1.165, 1.54) is 16.9 Å². The van der Waals surface area contributed by atoms with Gasteiger partial charge >= 0.3 is 0 Å². The third-order valence-electron chi connectivity index (χ3n) is 3.44. The van der Waals surface area contributed by atoms with Crippen LogP contribution < -0.4 is 5.32 Å². The van der Waals surface area contributed by atoms with Gasteiger partial charge in [0.05, 0.1) is 30.5 Å². The average molecular weight is 310 g/mol. The molecule has 0 bridgehead atoms. The number of amides is 1. The molecule has 1 aromatic heterocycles. The van der Waals surface area contributed by atoms with Crippen molar-refractivity contribution in [3.05, 3.63) is 83.9 Å². The van der Waals surface area contributed by atoms with E-state index in [0.717, 1.165) is 5.56 Å². The van der Waals surface area contributed by atoms with Crippen molar-refractivity contribution in [3.8, 4) is 0 Å². The molecule has 1 heterocycles. The van der Waals surface area contributed by atoms with Gasteiger partial charge in [0.25, 0.3) is 5.91 Å². The van der Waals surface area contributed by atoms with Crippen molar-refractivity contribution in [1.29, 1.82) is 0 Å². The van der Waals surface area contributed by atoms with Crippen LogP contribution in [0.3, 0.4) is 0 Å². The molecule has 23 heavy (non-hydrogen) atoms. The number of rotatable bonds is 5. The summed E-state index contributed by atoms with van der Waals surface area (Å²) >= 11 is 0. The van der Waals surface area contributed by atoms with Crippen molar-refractivity contribution >= 4 is 5.91 Å². The normalized spacial score (nSPS) is 11.9. The molecule has 1 atom stereocenters. The Bertz CT molecular complexity index is 774. The van der Waals surface area contributed by atoms with E-state index in [9.17, 15) is 9.18 Å². The molecule has 5 nitrogen and oxygen atoms in total. The molecule has 116 valence electrons. The molecule has 0 unspecified atom stereocenters. The molecule has 3 aromatic rings. The smallest absolute Gasteiger partial charge is 0.254 e. The van der Waals surface area contributed by atoms with Gasteiger partial charge in [0.1, 0.15) is 5.82 Å². The minimum absolute atomic E-state index is 0.0156. The maximum Gasteiger partial charge on any atom is 0.254 e. The Morgan fingerprint density at radius 3 is 2.39 bits per heavy atom. The minimum Gasteiger partial charge on any atom is -0.343 e. The van der Waals surface area contributed by atoms with Crippen LogP contribution in [-0.4, -0.2) is 20.9 Å². The number of aromatic nitrogens is 3. The first-order chi connectivity index (χ1) is 11.2. The first kappa shape index (κ1) is 14.9. The largest absolute Gasteiger partial charge is 0.343 e. The molecule has 3 rings (SSSR count). The van der Waals surface area contributed by atoms with Gasteiger partial charge in [0.2, 0.25) is 0 Å². The van der Waals surface area contributed by atoms with Crippen LogP contribution in [0.4, 0.5) is 4.39 Å². The Morgan fingerprint density at radius 2 is 1.70 bits per heavy atom. The van der Waals surface area contributed by atoms with Crippen molar-refractivity contribution in [2.75, 3.05) is 0 Å². The highest BCUT2D eigenvalue weighted by Gasteiger charge is 2.19. The molecule has 0 aliphatic carbocycles. The predicted molar refractivity (Wildman–Crippen MR) is 83.1 cm³/mol. The number of benzene rings is 2. The van der Waals surface area contributed by atoms with Crippen LogP contribution in [0, 0.1) is 5.82 Å². The third kappa shape index (κ3) is 3.60. The highest BCUT2D eigenvalue weighted by atomic mass is 19.1. The highest BCUT2D eigenvalue weighted by molar-refractivity contribution is 5.94. The maximum atomic E-state index is 13.8. The lowest BCUT2D eigenvalue weighted by Gasteiger charge is -2.19. The molecule has 0 saturated carbocycles. The number of carbonyl (C=O) groups excluding carboxylic acids is 1. The van der Waals surface area contributed by atoms with E-state index in [4.69, 9.17) is 0 Å². The Morgan fingerprint density at radius 1 is 1.04 bits per heavy atom. The number of hydrogen-bond acceptors (Lipinski definition) is 3. The van der Waals surface area contributed by atoms with Gasteiger partial charge in [-0.05, 0) is 17.7 Å². The Labute approximate surface area is 132 Å². The summed E-state index contributed by atoms with van der Waals surface area (Å²) in [6.45, 7) is 0.358. The topological polar surface area (TPSA) is 59.8 Å². The third-order valence-corrected chi connectivity index (χ3v) is 3.44. The molecule has 2 aromatic carbocycles. The van der Waals surface area contributed by atoms with Gasteiger partial charge in [-0.25, -0.2) is 4.39 Å². The summed E-state index contributed by atoms with van der Waals surface area (Å²) in [6, 6.07) is 15.0. The van der Waals surface area contributed by atoms with E-state index < -0.39 is 11.7 Å². The molecule has 0 aliphatic heterocycles. The molecule has 6 heteroatoms. The van der Waals surface area contributed by atoms with Crippen LogP contribution in [0.15, 0.2) is 67.0 Å². The van der Waals surface area contributed by atoms with Crippen LogP contribution in [0.2, 0.25) is 0 Å². The summed E-state index contributed by atoms with van der Waals surface area (Å²) in [5, 5.41) is 11.0. The van der Waals surface area contributed by atoms with Crippen LogP contribution in [-0.2, 0) is 6.54 Å². The zero-order valence-corrected chi connectivity index (χ0v) is 12.3. The molecule has 0 fully saturated rings. The van der Waals surface area contributed by atoms with Crippen molar-refractivity contribution in [2.24, 2.45) is 0 Å². The molecule has 0 spiro atoms. The monoisotopic (exact) mass is 310 g/mol. The second kappa shape index (κ2) is 6.83. The zero-order chi connectivity index (χ0) is 16.1. The van der Waals surface area contributed by atoms with E-state index in [-0.39, 0.29) is 11.6 Å². The first-order valence-corrected chi connectivity index (χ1v) is 7.18. The molecule has 0 radical (unpaired) electrons. The van der Waals surface area contributed by atoms with Gasteiger partial charge in [-0.3, -0.25) is 4.79 Å². The number of carbonyl (C=O) groups is 1. The zero-order valence-electron chi connectivity index (χ0n) is 12.3. The fourth-order valence-electron chi connectivity index (χ4n) is 2.30. The maximum absolute atomic E-state index is 13.8. The van der Waals surface area contributed by atoms with Crippen molar-refractivity contribution < 1.29 is 9.18 Å². The van der Waals surface area contributed by atoms with Crippen LogP contribution in [0.25, 0.3) is 0 Å². The lowest BCUT2D eigenvalue weighted by Crippen LogP contribution is -2.32. The highest BCUT2D eigenvalue weighted by Crippen LogP contribution is 2.16. The van der Waals surface area contributed by atoms with E-state index in [1.54, 1.807) is 24.5 Å². The summed E-state index contributed by atoms with van der Waals surface area (Å²) in [5.41, 5.74) is 0.913. The Balaban J connectivity index is 1.84. The standard InChI is InChI=1S/C17H15FN4O/c18-15-9-5-4-8-14(15)17(23)21-16(12-22-19-10-11-20-22)13-6-2-1-3-7-13/h1-11,16H,12H2,(H,21,23)/t16-/m0/s1. The molecule has 1 N–H and O–H groups in total. The SMILES string of the molecule is O=C(N[C@@H](Cn1nccn1)c1ccccc1)c1ccccc1F. The van der Waals surface area contributed by atoms with E-state index in [1.807, 2.05) is 30.3 Å². The van der Waals surface area contributed by atoms with Gasteiger partial charge in [-0.15, -0.1) is 0 Å². The molecule has 0 saturated heterocycles. The fraction of sp³-hybridized carbons (Fsp3) is 0.118. The fourth-order valence-corrected chi connectivity index (χ4v) is 2.30. The van der Waals surface area contributed by atoms with Gasteiger partial charge in [0.15, 0.2) is 0 Å². The Kier molecular flexibility index (Phi) is 4.42. The minimum atomic E-state index is -0.547. The second-order valence-corrected chi connectivity index (χ2v) is 5.00. The lowest BCUT2D eigenvalue weighted by atomic mass is 10.1. The van der Waals surface area contributed by atoms with Crippen molar-refractivity contribution in [2.45, 2.75) is 12.6 Å². The Hall–Kier alpha value is -3.02. The summed E-state index contributed by atoms with van der Waals surface area (Å²) in [7, 11) is 0. The van der Waals surface area contributed by atoms with Gasteiger partial charge in [-0.2, -0.15) is 15.0 Å². The van der Waals surface area contributed by atoms with Gasteiger partial charge in [0, 0.05) is 0 Å². The number of halogens is 1. The summed E-state index contributed by atoms with van der Waals surface area (Å²) in [4.78, 5) is 13.9. The molecular formula is C17H15FN4O. The first-order valence-electron chi connectivity index (χ1n) is 7.18. The summed E-state index contributed by atoms with van der Waals surface area (Å²) in [5.74, 6) is -1.02. The number of hydrogen-bond donors (Lipinski definition) is 1. The van der Waals surface area contributed by atoms with Gasteiger partial charge in [-0.1, -0.05) is 42.5 Å². The number of nitrogens with zero attached hydrogens (tertiary/aromatic N) is 3. The van der Waals surface area contributed by atoms with E-state index in [2.05, 4.69) is 15.5 Å². The summed E-state index contributed by atoms with van der Waals surface area (Å²) in [6.07, 6.45) is 3.14. The van der Waals surface area contributed by atoms with E-state index in [0.29, 0.717) is 6.54 Å². The van der Waals surface area contributed by atoms with Crippen LogP contribution in [0.1, 0.15) is 22.0 Å². The summed E-state index contributed by atoms with van der Waals surface area (Å²) < 4.78 is 13.8. The average Bonchev–Trinajstić information content (AvgIpc) is 3.08. The van der Waals surface area contributed by atoms with Gasteiger partial charge < -0.3 is 5.32 Å². The quantitative estimate of drug-likeness (QED) is 0.788. The molecule has 1 amide bonds. The van der Waals surface area contributed by atoms with Crippen molar-refractivity contribution in [1.82, 2.24) is 20.3 Å². The van der Waals surface area contributed by atoms with E-state index >= 15 is 0 Å². The predicted octanol–water partition coefficient (Wildman–Crippen LogP) is 2.59. The molecule has 0 aliphatic rings. The van der Waals surface area contributed by atoms with Crippen molar-refractivity contribution in [3.63, 3.8) is 0 Å². The van der Waals surface area contributed by atoms with Crippen LogP contribution >= 0.6 is 0 Å². The number of nitrogens with one attached hydrogen (secondary N) is 1.